The molecule has 108 valence electrons. The number of nitro groups is 1. The number of aromatic carboxylic acids is 1. The number of carbonyl (C=O) groups is 1. The lowest BCUT2D eigenvalue weighted by Crippen LogP contribution is -2.02. The van der Waals surface area contributed by atoms with Crippen molar-refractivity contribution in [3.63, 3.8) is 0 Å². The first kappa shape index (κ1) is 14.9. The Morgan fingerprint density at radius 3 is 2.57 bits per heavy atom. The number of nitrogens with zero attached hydrogens (tertiary/aromatic N) is 2. The molecule has 1 aromatic carbocycles. The highest BCUT2D eigenvalue weighted by molar-refractivity contribution is 7.99. The van der Waals surface area contributed by atoms with Crippen molar-refractivity contribution < 1.29 is 23.6 Å². The molecule has 0 amide bonds. The number of hydrogen-bond donors (Lipinski definition) is 1. The molecular formula is C12H6F2N2O4S. The third-order valence-electron chi connectivity index (χ3n) is 2.38. The van der Waals surface area contributed by atoms with Gasteiger partial charge in [0.25, 0.3) is 5.69 Å². The lowest BCUT2D eigenvalue weighted by Gasteiger charge is -2.05. The third kappa shape index (κ3) is 3.31. The van der Waals surface area contributed by atoms with Crippen LogP contribution in [0, 0.1) is 21.7 Å². The molecule has 0 aliphatic rings. The maximum atomic E-state index is 13.1. The fourth-order valence-corrected chi connectivity index (χ4v) is 2.31. The van der Waals surface area contributed by atoms with Gasteiger partial charge in [-0.05, 0) is 18.2 Å². The molecule has 0 saturated heterocycles. The van der Waals surface area contributed by atoms with Gasteiger partial charge in [-0.2, -0.15) is 0 Å². The van der Waals surface area contributed by atoms with Gasteiger partial charge in [0.1, 0.15) is 11.2 Å². The lowest BCUT2D eigenvalue weighted by molar-refractivity contribution is -0.385. The first-order chi connectivity index (χ1) is 9.88. The summed E-state index contributed by atoms with van der Waals surface area (Å²) in [5, 5.41) is 19.6. The Balaban J connectivity index is 2.41. The first-order valence-electron chi connectivity index (χ1n) is 5.39. The Bertz CT molecular complexity index is 739. The molecule has 6 nitrogen and oxygen atoms in total. The van der Waals surface area contributed by atoms with E-state index in [1.165, 1.54) is 6.07 Å². The maximum Gasteiger partial charge on any atom is 0.338 e. The van der Waals surface area contributed by atoms with Crippen LogP contribution < -0.4 is 0 Å². The van der Waals surface area contributed by atoms with Crippen LogP contribution in [-0.2, 0) is 0 Å². The second kappa shape index (κ2) is 5.83. The summed E-state index contributed by atoms with van der Waals surface area (Å²) < 4.78 is 25.9. The van der Waals surface area contributed by atoms with Crippen LogP contribution in [0.2, 0.25) is 0 Å². The third-order valence-corrected chi connectivity index (χ3v) is 3.39. The topological polar surface area (TPSA) is 93.3 Å². The fraction of sp³-hybridized carbons (Fsp3) is 0. The molecule has 0 atom stereocenters. The van der Waals surface area contributed by atoms with E-state index >= 15 is 0 Å². The lowest BCUT2D eigenvalue weighted by atomic mass is 10.3. The van der Waals surface area contributed by atoms with E-state index in [1.54, 1.807) is 0 Å². The predicted molar refractivity (Wildman–Crippen MR) is 68.3 cm³/mol. The average Bonchev–Trinajstić information content (AvgIpc) is 2.43. The summed E-state index contributed by atoms with van der Waals surface area (Å²) in [5.41, 5.74) is -0.860. The Kier molecular flexibility index (Phi) is 4.13. The number of hydrogen-bond acceptors (Lipinski definition) is 5. The largest absolute Gasteiger partial charge is 0.478 e. The summed E-state index contributed by atoms with van der Waals surface area (Å²) >= 11 is 0.765. The SMILES string of the molecule is O=C(O)c1cc([N+](=O)[O-])cnc1Sc1ccc(F)c(F)c1. The highest BCUT2D eigenvalue weighted by Gasteiger charge is 2.18. The number of benzene rings is 1. The number of pyridine rings is 1. The highest BCUT2D eigenvalue weighted by atomic mass is 32.2. The molecule has 0 radical (unpaired) electrons. The van der Waals surface area contributed by atoms with Crippen molar-refractivity contribution in [1.82, 2.24) is 4.98 Å². The van der Waals surface area contributed by atoms with Crippen LogP contribution in [0.15, 0.2) is 40.4 Å². The molecule has 9 heteroatoms. The maximum absolute atomic E-state index is 13.1. The summed E-state index contributed by atoms with van der Waals surface area (Å²) in [4.78, 5) is 24.8. The molecule has 2 aromatic rings. The number of aromatic nitrogens is 1. The normalized spacial score (nSPS) is 10.4. The molecule has 0 fully saturated rings. The van der Waals surface area contributed by atoms with Crippen molar-refractivity contribution in [2.45, 2.75) is 9.92 Å². The predicted octanol–water partition coefficient (Wildman–Crippen LogP) is 3.12. The molecular weight excluding hydrogens is 306 g/mol. The molecule has 2 rings (SSSR count). The Morgan fingerprint density at radius 1 is 1.29 bits per heavy atom. The van der Waals surface area contributed by atoms with Crippen LogP contribution in [0.25, 0.3) is 0 Å². The van der Waals surface area contributed by atoms with Crippen LogP contribution in [-0.4, -0.2) is 21.0 Å². The molecule has 0 unspecified atom stereocenters. The monoisotopic (exact) mass is 312 g/mol. The van der Waals surface area contributed by atoms with Crippen LogP contribution in [0.5, 0.6) is 0 Å². The first-order valence-corrected chi connectivity index (χ1v) is 6.21. The van der Waals surface area contributed by atoms with Gasteiger partial charge in [0.05, 0.1) is 10.5 Å². The minimum atomic E-state index is -1.41. The Labute approximate surface area is 120 Å². The Morgan fingerprint density at radius 2 is 2.00 bits per heavy atom. The molecule has 1 N–H and O–H groups in total. The highest BCUT2D eigenvalue weighted by Crippen LogP contribution is 2.31. The van der Waals surface area contributed by atoms with Crippen LogP contribution in [0.1, 0.15) is 10.4 Å². The van der Waals surface area contributed by atoms with E-state index in [0.29, 0.717) is 0 Å². The summed E-state index contributed by atoms with van der Waals surface area (Å²) in [5.74, 6) is -3.52. The summed E-state index contributed by atoms with van der Waals surface area (Å²) in [6.45, 7) is 0. The molecule has 0 spiro atoms. The number of carboxylic acid groups (broad SMARTS) is 1. The molecule has 0 aliphatic heterocycles. The zero-order chi connectivity index (χ0) is 15.6. The summed E-state index contributed by atoms with van der Waals surface area (Å²) in [7, 11) is 0. The molecule has 21 heavy (non-hydrogen) atoms. The van der Waals surface area contributed by atoms with Crippen molar-refractivity contribution in [2.75, 3.05) is 0 Å². The number of rotatable bonds is 4. The Hall–Kier alpha value is -2.55. The second-order valence-electron chi connectivity index (χ2n) is 3.79. The van der Waals surface area contributed by atoms with Crippen molar-refractivity contribution >= 4 is 23.4 Å². The van der Waals surface area contributed by atoms with Crippen LogP contribution >= 0.6 is 11.8 Å². The van der Waals surface area contributed by atoms with Gasteiger partial charge in [-0.15, -0.1) is 0 Å². The second-order valence-corrected chi connectivity index (χ2v) is 4.85. The van der Waals surface area contributed by atoms with Gasteiger partial charge in [0.2, 0.25) is 0 Å². The van der Waals surface area contributed by atoms with E-state index in [-0.39, 0.29) is 15.5 Å². The van der Waals surface area contributed by atoms with E-state index in [4.69, 9.17) is 5.11 Å². The zero-order valence-corrected chi connectivity index (χ0v) is 10.9. The zero-order valence-electron chi connectivity index (χ0n) is 10.1. The minimum Gasteiger partial charge on any atom is -0.478 e. The summed E-state index contributed by atoms with van der Waals surface area (Å²) in [6, 6.07) is 3.88. The van der Waals surface area contributed by atoms with E-state index in [9.17, 15) is 23.7 Å². The van der Waals surface area contributed by atoms with E-state index in [1.807, 2.05) is 0 Å². The fourth-order valence-electron chi connectivity index (χ4n) is 1.43. The minimum absolute atomic E-state index is 0.0564. The molecule has 1 heterocycles. The van der Waals surface area contributed by atoms with Gasteiger partial charge < -0.3 is 5.11 Å². The van der Waals surface area contributed by atoms with Crippen molar-refractivity contribution in [3.8, 4) is 0 Å². The van der Waals surface area contributed by atoms with Crippen molar-refractivity contribution in [3.05, 3.63) is 57.8 Å². The van der Waals surface area contributed by atoms with Gasteiger partial charge in [0.15, 0.2) is 11.6 Å². The number of carboxylic acids is 1. The van der Waals surface area contributed by atoms with Gasteiger partial charge in [-0.3, -0.25) is 10.1 Å². The van der Waals surface area contributed by atoms with E-state index < -0.39 is 28.2 Å². The van der Waals surface area contributed by atoms with Gasteiger partial charge >= 0.3 is 5.97 Å². The standard InChI is InChI=1S/C12H6F2N2O4S/c13-9-2-1-7(4-10(9)14)21-11-8(12(17)18)3-6(5-15-11)16(19)20/h1-5H,(H,17,18). The number of halogens is 2. The molecule has 1 aromatic heterocycles. The van der Waals surface area contributed by atoms with Crippen LogP contribution in [0.4, 0.5) is 14.5 Å². The molecule has 0 aliphatic carbocycles. The average molecular weight is 312 g/mol. The quantitative estimate of drug-likeness (QED) is 0.688. The molecule has 0 bridgehead atoms. The summed E-state index contributed by atoms with van der Waals surface area (Å²) in [6.07, 6.45) is 0.897. The van der Waals surface area contributed by atoms with E-state index in [2.05, 4.69) is 4.98 Å². The van der Waals surface area contributed by atoms with E-state index in [0.717, 1.165) is 36.2 Å². The van der Waals surface area contributed by atoms with Gasteiger partial charge in [0, 0.05) is 11.0 Å². The van der Waals surface area contributed by atoms with Crippen molar-refractivity contribution in [2.24, 2.45) is 0 Å². The molecule has 0 saturated carbocycles. The van der Waals surface area contributed by atoms with Gasteiger partial charge in [-0.1, -0.05) is 11.8 Å². The van der Waals surface area contributed by atoms with Crippen molar-refractivity contribution in [1.29, 1.82) is 0 Å². The smallest absolute Gasteiger partial charge is 0.338 e. The van der Waals surface area contributed by atoms with Gasteiger partial charge in [-0.25, -0.2) is 18.6 Å². The van der Waals surface area contributed by atoms with Crippen LogP contribution in [0.3, 0.4) is 0 Å².